The lowest BCUT2D eigenvalue weighted by molar-refractivity contribution is 0.930. The highest BCUT2D eigenvalue weighted by atomic mass is 127. The molecule has 0 aromatic carbocycles. The van der Waals surface area contributed by atoms with Crippen molar-refractivity contribution in [1.29, 1.82) is 0 Å². The van der Waals surface area contributed by atoms with E-state index in [-0.39, 0.29) is 0 Å². The minimum atomic E-state index is 1.25. The van der Waals surface area contributed by atoms with Gasteiger partial charge in [0.25, 0.3) is 0 Å². The molecule has 0 fully saturated rings. The first-order valence-corrected chi connectivity index (χ1v) is 4.84. The zero-order valence-corrected chi connectivity index (χ0v) is 9.16. The maximum absolute atomic E-state index is 4.11. The molecule has 0 amide bonds. The number of rotatable bonds is 0. The van der Waals surface area contributed by atoms with Crippen molar-refractivity contribution >= 4 is 33.5 Å². The topological polar surface area (TPSA) is 17.8 Å². The molecule has 2 aromatic rings. The van der Waals surface area contributed by atoms with Gasteiger partial charge in [-0.2, -0.15) is 0 Å². The van der Waals surface area contributed by atoms with Crippen LogP contribution >= 0.6 is 22.6 Å². The average Bonchev–Trinajstić information content (AvgIpc) is 2.33. The molecular formula is C9H9IN2. The molecular weight excluding hydrogens is 263 g/mol. The molecule has 0 unspecified atom stereocenters. The lowest BCUT2D eigenvalue weighted by atomic mass is 10.2. The minimum Gasteiger partial charge on any atom is -0.339 e. The molecule has 2 aromatic heterocycles. The number of aromatic nitrogens is 2. The largest absolute Gasteiger partial charge is 0.339 e. The van der Waals surface area contributed by atoms with Crippen molar-refractivity contribution in [3.05, 3.63) is 27.7 Å². The van der Waals surface area contributed by atoms with Gasteiger partial charge in [-0.25, -0.2) is 0 Å². The van der Waals surface area contributed by atoms with Gasteiger partial charge in [0, 0.05) is 24.8 Å². The van der Waals surface area contributed by atoms with Crippen molar-refractivity contribution < 1.29 is 0 Å². The number of pyridine rings is 1. The van der Waals surface area contributed by atoms with Gasteiger partial charge in [0.2, 0.25) is 0 Å². The van der Waals surface area contributed by atoms with Crippen molar-refractivity contribution in [2.75, 3.05) is 0 Å². The van der Waals surface area contributed by atoms with Gasteiger partial charge in [-0.05, 0) is 41.1 Å². The Hall–Kier alpha value is -0.580. The van der Waals surface area contributed by atoms with Gasteiger partial charge in [0.15, 0.2) is 0 Å². The highest BCUT2D eigenvalue weighted by Crippen LogP contribution is 2.24. The quantitative estimate of drug-likeness (QED) is 0.674. The Morgan fingerprint density at radius 2 is 2.25 bits per heavy atom. The SMILES string of the molecule is Cc1c(I)n(C)c2ccncc12. The molecule has 2 nitrogen and oxygen atoms in total. The molecule has 0 saturated carbocycles. The van der Waals surface area contributed by atoms with Crippen molar-refractivity contribution in [3.8, 4) is 0 Å². The fraction of sp³-hybridized carbons (Fsp3) is 0.222. The van der Waals surface area contributed by atoms with E-state index in [1.54, 1.807) is 0 Å². The second-order valence-electron chi connectivity index (χ2n) is 2.87. The molecule has 0 aliphatic rings. The molecule has 0 atom stereocenters. The van der Waals surface area contributed by atoms with E-state index in [2.05, 4.69) is 46.1 Å². The first-order valence-electron chi connectivity index (χ1n) is 3.76. The summed E-state index contributed by atoms with van der Waals surface area (Å²) >= 11 is 2.36. The summed E-state index contributed by atoms with van der Waals surface area (Å²) in [5, 5.41) is 1.25. The summed E-state index contributed by atoms with van der Waals surface area (Å²) in [6, 6.07) is 2.05. The molecule has 0 aliphatic carbocycles. The van der Waals surface area contributed by atoms with Crippen LogP contribution in [0.4, 0.5) is 0 Å². The van der Waals surface area contributed by atoms with E-state index in [0.717, 1.165) is 0 Å². The van der Waals surface area contributed by atoms with Crippen LogP contribution < -0.4 is 0 Å². The van der Waals surface area contributed by atoms with E-state index in [1.165, 1.54) is 20.2 Å². The Labute approximate surface area is 84.7 Å². The summed E-state index contributed by atoms with van der Waals surface area (Å²) in [5.41, 5.74) is 2.58. The molecule has 2 heterocycles. The van der Waals surface area contributed by atoms with E-state index >= 15 is 0 Å². The van der Waals surface area contributed by atoms with Crippen LogP contribution in [0.5, 0.6) is 0 Å². The monoisotopic (exact) mass is 272 g/mol. The molecule has 12 heavy (non-hydrogen) atoms. The lowest BCUT2D eigenvalue weighted by Gasteiger charge is -1.95. The Kier molecular flexibility index (Phi) is 1.83. The Bertz CT molecular complexity index is 392. The van der Waals surface area contributed by atoms with E-state index < -0.39 is 0 Å². The highest BCUT2D eigenvalue weighted by molar-refractivity contribution is 14.1. The van der Waals surface area contributed by atoms with Gasteiger partial charge < -0.3 is 4.57 Å². The number of halogens is 1. The predicted octanol–water partition coefficient (Wildman–Crippen LogP) is 2.49. The fourth-order valence-electron chi connectivity index (χ4n) is 1.44. The average molecular weight is 272 g/mol. The first kappa shape index (κ1) is 8.04. The van der Waals surface area contributed by atoms with Crippen molar-refractivity contribution in [2.24, 2.45) is 7.05 Å². The van der Waals surface area contributed by atoms with Crippen molar-refractivity contribution in [2.45, 2.75) is 6.92 Å². The summed E-state index contributed by atoms with van der Waals surface area (Å²) in [6.07, 6.45) is 3.75. The van der Waals surface area contributed by atoms with Crippen LogP contribution in [0.15, 0.2) is 18.5 Å². The fourth-order valence-corrected chi connectivity index (χ4v) is 1.99. The highest BCUT2D eigenvalue weighted by Gasteiger charge is 2.07. The van der Waals surface area contributed by atoms with Crippen LogP contribution in [0.3, 0.4) is 0 Å². The predicted molar refractivity (Wildman–Crippen MR) is 58.2 cm³/mol. The van der Waals surface area contributed by atoms with Gasteiger partial charge in [0.05, 0.1) is 9.22 Å². The number of fused-ring (bicyclic) bond motifs is 1. The number of aryl methyl sites for hydroxylation is 2. The zero-order chi connectivity index (χ0) is 8.72. The molecule has 0 spiro atoms. The second kappa shape index (κ2) is 2.73. The van der Waals surface area contributed by atoms with E-state index in [0.29, 0.717) is 0 Å². The summed E-state index contributed by atoms with van der Waals surface area (Å²) in [5.74, 6) is 0. The number of hydrogen-bond acceptors (Lipinski definition) is 1. The molecule has 0 bridgehead atoms. The van der Waals surface area contributed by atoms with Crippen LogP contribution in [-0.4, -0.2) is 9.55 Å². The van der Waals surface area contributed by atoms with Gasteiger partial charge in [-0.1, -0.05) is 0 Å². The normalized spacial score (nSPS) is 10.9. The summed E-state index contributed by atoms with van der Waals surface area (Å²) in [4.78, 5) is 4.11. The van der Waals surface area contributed by atoms with Crippen LogP contribution in [0, 0.1) is 10.6 Å². The maximum Gasteiger partial charge on any atom is 0.0836 e. The summed E-state index contributed by atoms with van der Waals surface area (Å²) < 4.78 is 3.48. The summed E-state index contributed by atoms with van der Waals surface area (Å²) in [6.45, 7) is 2.13. The summed E-state index contributed by atoms with van der Waals surface area (Å²) in [7, 11) is 2.08. The minimum absolute atomic E-state index is 1.25. The van der Waals surface area contributed by atoms with Crippen LogP contribution in [-0.2, 0) is 7.05 Å². The molecule has 0 aliphatic heterocycles. The molecule has 3 heteroatoms. The lowest BCUT2D eigenvalue weighted by Crippen LogP contribution is -1.89. The Morgan fingerprint density at radius 1 is 1.50 bits per heavy atom. The smallest absolute Gasteiger partial charge is 0.0836 e. The first-order chi connectivity index (χ1) is 5.72. The van der Waals surface area contributed by atoms with Gasteiger partial charge >= 0.3 is 0 Å². The third kappa shape index (κ3) is 0.957. The Morgan fingerprint density at radius 3 is 2.92 bits per heavy atom. The van der Waals surface area contributed by atoms with E-state index in [4.69, 9.17) is 0 Å². The molecule has 62 valence electrons. The van der Waals surface area contributed by atoms with E-state index in [1.807, 2.05) is 18.5 Å². The molecule has 0 saturated heterocycles. The maximum atomic E-state index is 4.11. The Balaban J connectivity index is 2.99. The molecule has 2 rings (SSSR count). The molecule has 0 radical (unpaired) electrons. The standard InChI is InChI=1S/C9H9IN2/c1-6-7-5-11-4-3-8(7)12(2)9(6)10/h3-5H,1-2H3. The molecule has 0 N–H and O–H groups in total. The third-order valence-electron chi connectivity index (χ3n) is 2.17. The van der Waals surface area contributed by atoms with Gasteiger partial charge in [-0.3, -0.25) is 4.98 Å². The third-order valence-corrected chi connectivity index (χ3v) is 3.70. The van der Waals surface area contributed by atoms with Crippen LogP contribution in [0.25, 0.3) is 10.9 Å². The number of nitrogens with zero attached hydrogens (tertiary/aromatic N) is 2. The van der Waals surface area contributed by atoms with Gasteiger partial charge in [0.1, 0.15) is 0 Å². The van der Waals surface area contributed by atoms with Crippen LogP contribution in [0.2, 0.25) is 0 Å². The van der Waals surface area contributed by atoms with E-state index in [9.17, 15) is 0 Å². The number of hydrogen-bond donors (Lipinski definition) is 0. The zero-order valence-electron chi connectivity index (χ0n) is 7.00. The second-order valence-corrected chi connectivity index (χ2v) is 3.89. The van der Waals surface area contributed by atoms with Crippen LogP contribution in [0.1, 0.15) is 5.56 Å². The van der Waals surface area contributed by atoms with Gasteiger partial charge in [-0.15, -0.1) is 0 Å². The van der Waals surface area contributed by atoms with Crippen molar-refractivity contribution in [1.82, 2.24) is 9.55 Å². The van der Waals surface area contributed by atoms with Crippen molar-refractivity contribution in [3.63, 3.8) is 0 Å².